The molecule has 0 atom stereocenters. The summed E-state index contributed by atoms with van der Waals surface area (Å²) < 4.78 is 35.4. The molecule has 0 saturated carbocycles. The summed E-state index contributed by atoms with van der Waals surface area (Å²) in [6.07, 6.45) is 0. The molecule has 2 heterocycles. The molecule has 0 aliphatic heterocycles. The Hall–Kier alpha value is -6.06. The van der Waals surface area contributed by atoms with Crippen LogP contribution in [0.15, 0.2) is 24.6 Å². The largest absolute Gasteiger partial charge is 0.866 e. The third-order valence-electron chi connectivity index (χ3n) is 3.06. The molecule has 0 aliphatic carbocycles. The topological polar surface area (TPSA) is 366 Å². The van der Waals surface area contributed by atoms with Crippen LogP contribution < -0.4 is 0 Å². The number of alkyl halides is 2. The molecule has 0 spiro atoms. The van der Waals surface area contributed by atoms with Crippen LogP contribution in [0.1, 0.15) is 0 Å². The highest BCUT2D eigenvalue weighted by molar-refractivity contribution is 5.47. The highest BCUT2D eigenvalue weighted by atomic mass is 19.2. The first-order chi connectivity index (χ1) is 16.2. The van der Waals surface area contributed by atoms with Crippen molar-refractivity contribution < 1.29 is 52.3 Å². The Balaban J connectivity index is 2.51. The van der Waals surface area contributed by atoms with Crippen LogP contribution in [0.5, 0.6) is 0 Å². The third kappa shape index (κ3) is 4.32. The van der Waals surface area contributed by atoms with Crippen molar-refractivity contribution >= 4 is 23.3 Å². The van der Waals surface area contributed by atoms with E-state index in [0.29, 0.717) is 0 Å². The number of hydrogen-bond donors (Lipinski definition) is 0. The monoisotopic (exact) mass is 514 g/mol. The molecule has 27 nitrogen and oxygen atoms in total. The number of halogens is 2. The van der Waals surface area contributed by atoms with Gasteiger partial charge in [-0.25, -0.2) is 45.1 Å². The van der Waals surface area contributed by atoms with Crippen LogP contribution in [0.2, 0.25) is 0 Å². The minimum atomic E-state index is -5.09. The van der Waals surface area contributed by atoms with Crippen LogP contribution in [0.4, 0.5) is 32.1 Å². The molecule has 0 aromatic carbocycles. The van der Waals surface area contributed by atoms with Crippen LogP contribution in [-0.2, 0) is 0 Å². The molecule has 2 aromatic heterocycles. The SMILES string of the molecule is O=[N+]([O-])C(F)([N+](=O)[O-])[N+]([O-])=Nc1nonc1N=[N+]([O-])c1nonc1N=[N+]([O-])C(F)([N+](=O)[O-])[N+](=O)[O-]. The number of rotatable bonds is 10. The summed E-state index contributed by atoms with van der Waals surface area (Å²) >= 11 is 0. The predicted molar refractivity (Wildman–Crippen MR) is 81.1 cm³/mol. The molecule has 0 unspecified atom stereocenters. The zero-order valence-corrected chi connectivity index (χ0v) is 15.3. The number of nitro groups is 4. The summed E-state index contributed by atoms with van der Waals surface area (Å²) in [4.78, 5) is 28.5. The van der Waals surface area contributed by atoms with E-state index in [-0.39, 0.29) is 0 Å². The number of hydroxylamine groups is 2. The van der Waals surface area contributed by atoms with Gasteiger partial charge in [0, 0.05) is 5.16 Å². The summed E-state index contributed by atoms with van der Waals surface area (Å²) in [5.74, 6) is -5.53. The van der Waals surface area contributed by atoms with Crippen LogP contribution in [0, 0.1) is 56.1 Å². The van der Waals surface area contributed by atoms with Gasteiger partial charge in [-0.05, 0) is 19.1 Å². The van der Waals surface area contributed by atoms with Crippen LogP contribution >= 0.6 is 0 Å². The van der Waals surface area contributed by atoms with Gasteiger partial charge in [-0.15, -0.1) is 9.49 Å². The van der Waals surface area contributed by atoms with Crippen molar-refractivity contribution in [1.29, 1.82) is 0 Å². The summed E-state index contributed by atoms with van der Waals surface area (Å²) in [6.45, 7) is 0. The number of hydrogen-bond acceptors (Lipinski definition) is 20. The fraction of sp³-hybridized carbons (Fsp3) is 0.333. The van der Waals surface area contributed by atoms with E-state index in [1.165, 1.54) is 0 Å². The maximum absolute atomic E-state index is 13.8. The Morgan fingerprint density at radius 1 is 0.600 bits per heavy atom. The fourth-order valence-electron chi connectivity index (χ4n) is 1.51. The Labute approximate surface area is 181 Å². The molecule has 0 bridgehead atoms. The first kappa shape index (κ1) is 25.2. The molecule has 0 radical (unpaired) electrons. The van der Waals surface area contributed by atoms with Gasteiger partial charge in [0.05, 0.1) is 19.9 Å². The van der Waals surface area contributed by atoms with E-state index in [0.717, 1.165) is 0 Å². The molecule has 2 aromatic rings. The van der Waals surface area contributed by atoms with Crippen molar-refractivity contribution in [1.82, 2.24) is 20.6 Å². The van der Waals surface area contributed by atoms with Gasteiger partial charge in [-0.1, -0.05) is 5.11 Å². The van der Waals surface area contributed by atoms with Gasteiger partial charge in [0.15, 0.2) is 5.16 Å². The van der Waals surface area contributed by atoms with Gasteiger partial charge in [-0.2, -0.15) is 0 Å². The first-order valence-corrected chi connectivity index (χ1v) is 7.35. The highest BCUT2D eigenvalue weighted by Crippen LogP contribution is 2.30. The first-order valence-electron chi connectivity index (χ1n) is 7.35. The second-order valence-corrected chi connectivity index (χ2v) is 5.08. The summed E-state index contributed by atoms with van der Waals surface area (Å²) in [5, 5.41) is 95.9. The lowest BCUT2D eigenvalue weighted by atomic mass is 10.6. The molecule has 35 heavy (non-hydrogen) atoms. The summed E-state index contributed by atoms with van der Waals surface area (Å²) in [6, 6.07) is -10.2. The molecule has 2 rings (SSSR count). The van der Waals surface area contributed by atoms with E-state index in [2.05, 4.69) is 45.2 Å². The van der Waals surface area contributed by atoms with Gasteiger partial charge in [0.2, 0.25) is 19.7 Å². The zero-order chi connectivity index (χ0) is 26.7. The van der Waals surface area contributed by atoms with Crippen LogP contribution in [0.3, 0.4) is 0 Å². The zero-order valence-electron chi connectivity index (χ0n) is 15.3. The standard InChI is InChI=1S/C6F2N14O13/c7-5(19(26)27,20(28)29)17(24)10-2-1(12-34-13-2)9-16(23)4-3(14-35-15-4)11-18(25)6(8,21(30)31)22(32)33. The average molecular weight is 514 g/mol. The normalized spacial score (nSPS) is 13.5. The number of nitrogens with zero attached hydrogens (tertiary/aromatic N) is 14. The molecule has 0 saturated heterocycles. The molecule has 0 amide bonds. The van der Waals surface area contributed by atoms with Gasteiger partial charge in [0.1, 0.15) is 0 Å². The summed E-state index contributed by atoms with van der Waals surface area (Å²) in [7, 11) is 0. The lowest BCUT2D eigenvalue weighted by molar-refractivity contribution is -1.01. The smallest absolute Gasteiger partial charge is 0.690 e. The lowest BCUT2D eigenvalue weighted by Gasteiger charge is -2.03. The molecular formula is C6F2N14O13. The molecule has 0 aliphatic rings. The van der Waals surface area contributed by atoms with Gasteiger partial charge >= 0.3 is 29.5 Å². The second kappa shape index (κ2) is 8.82. The average Bonchev–Trinajstić information content (AvgIpc) is 3.40. The van der Waals surface area contributed by atoms with E-state index in [1.54, 1.807) is 0 Å². The second-order valence-electron chi connectivity index (χ2n) is 5.08. The molecule has 29 heteroatoms. The van der Waals surface area contributed by atoms with Crippen molar-refractivity contribution in [2.75, 3.05) is 0 Å². The lowest BCUT2D eigenvalue weighted by Crippen LogP contribution is -2.49. The van der Waals surface area contributed by atoms with Crippen molar-refractivity contribution in [3.05, 3.63) is 56.1 Å². The van der Waals surface area contributed by atoms with E-state index in [4.69, 9.17) is 0 Å². The maximum atomic E-state index is 13.8. The van der Waals surface area contributed by atoms with Gasteiger partial charge in [-0.3, -0.25) is 0 Å². The third-order valence-corrected chi connectivity index (χ3v) is 3.06. The number of aromatic nitrogens is 4. The van der Waals surface area contributed by atoms with E-state index in [1.807, 2.05) is 0 Å². The van der Waals surface area contributed by atoms with E-state index in [9.17, 15) is 64.9 Å². The van der Waals surface area contributed by atoms with Crippen molar-refractivity contribution in [2.45, 2.75) is 12.1 Å². The predicted octanol–water partition coefficient (Wildman–Crippen LogP) is -0.165. The Kier molecular flexibility index (Phi) is 6.35. The highest BCUT2D eigenvalue weighted by Gasteiger charge is 2.73. The summed E-state index contributed by atoms with van der Waals surface area (Å²) in [5.41, 5.74) is 0. The minimum Gasteiger partial charge on any atom is -0.690 e. The molecular weight excluding hydrogens is 514 g/mol. The Morgan fingerprint density at radius 2 is 0.943 bits per heavy atom. The van der Waals surface area contributed by atoms with Gasteiger partial charge in [0.25, 0.3) is 5.82 Å². The van der Waals surface area contributed by atoms with Crippen LogP contribution in [-0.4, -0.2) is 67.0 Å². The van der Waals surface area contributed by atoms with Crippen molar-refractivity contribution in [3.8, 4) is 0 Å². The Morgan fingerprint density at radius 3 is 1.37 bits per heavy atom. The Bertz CT molecular complexity index is 1270. The van der Waals surface area contributed by atoms with Crippen molar-refractivity contribution in [3.63, 3.8) is 0 Å². The van der Waals surface area contributed by atoms with Gasteiger partial charge < -0.3 is 15.6 Å². The van der Waals surface area contributed by atoms with E-state index < -0.39 is 69.6 Å². The van der Waals surface area contributed by atoms with E-state index >= 15 is 0 Å². The molecule has 0 N–H and O–H groups in total. The fourth-order valence-corrected chi connectivity index (χ4v) is 1.51. The molecule has 0 fully saturated rings. The quantitative estimate of drug-likeness (QED) is 0.0991. The molecule has 186 valence electrons. The van der Waals surface area contributed by atoms with Crippen LogP contribution in [0.25, 0.3) is 0 Å². The number of azo groups is 3. The van der Waals surface area contributed by atoms with Crippen molar-refractivity contribution in [2.24, 2.45) is 15.3 Å². The minimum absolute atomic E-state index is 0.835. The maximum Gasteiger partial charge on any atom is 0.866 e.